The Morgan fingerprint density at radius 1 is 1.35 bits per heavy atom. The number of hydrogen-bond acceptors (Lipinski definition) is 4. The second-order valence-electron chi connectivity index (χ2n) is 3.89. The molecule has 0 aliphatic rings. The quantitative estimate of drug-likeness (QED) is 0.788. The maximum absolute atomic E-state index is 12.3. The van der Waals surface area contributed by atoms with Crippen LogP contribution >= 0.6 is 11.6 Å². The molecule has 0 aliphatic heterocycles. The summed E-state index contributed by atoms with van der Waals surface area (Å²) in [5.74, 6) is -2.49. The van der Waals surface area contributed by atoms with Crippen LogP contribution in [0.4, 0.5) is 8.78 Å². The van der Waals surface area contributed by atoms with Crippen molar-refractivity contribution in [1.29, 1.82) is 0 Å². The number of alkyl halides is 3. The lowest BCUT2D eigenvalue weighted by Gasteiger charge is -2.15. The molecule has 0 aromatic heterocycles. The minimum Gasteiger partial charge on any atom is -0.479 e. The lowest BCUT2D eigenvalue weighted by atomic mass is 10.0. The molecule has 2 unspecified atom stereocenters. The molecule has 110 valence electrons. The highest BCUT2D eigenvalue weighted by Crippen LogP contribution is 2.33. The maximum Gasteiger partial charge on any atom is 0.387 e. The first-order chi connectivity index (χ1) is 9.23. The molecule has 0 radical (unpaired) electrons. The summed E-state index contributed by atoms with van der Waals surface area (Å²) in [6, 6.07) is 3.25. The number of rotatable bonds is 6. The molecule has 0 fully saturated rings. The highest BCUT2D eigenvalue weighted by atomic mass is 35.5. The van der Waals surface area contributed by atoms with Crippen LogP contribution in [0.5, 0.6) is 5.75 Å². The third-order valence-electron chi connectivity index (χ3n) is 2.43. The minimum atomic E-state index is -3.18. The zero-order valence-electron chi connectivity index (χ0n) is 10.2. The molecule has 0 saturated heterocycles. The second-order valence-corrected chi connectivity index (χ2v) is 4.33. The Bertz CT molecular complexity index is 521. The van der Waals surface area contributed by atoms with Crippen molar-refractivity contribution in [2.24, 2.45) is 0 Å². The van der Waals surface area contributed by atoms with E-state index in [1.54, 1.807) is 0 Å². The lowest BCUT2D eigenvalue weighted by Crippen LogP contribution is -2.13. The van der Waals surface area contributed by atoms with Crippen LogP contribution in [-0.4, -0.2) is 28.6 Å². The third kappa shape index (κ3) is 3.88. The number of aliphatic hydroxyl groups is 1. The van der Waals surface area contributed by atoms with Crippen molar-refractivity contribution in [2.45, 2.75) is 25.0 Å². The Morgan fingerprint density at radius 3 is 2.40 bits per heavy atom. The summed E-state index contributed by atoms with van der Waals surface area (Å²) in [6.45, 7) is -2.01. The van der Waals surface area contributed by atoms with Gasteiger partial charge in [-0.05, 0) is 18.6 Å². The standard InChI is InChI=1S/C12H11ClF2O5/c1-5(16)9(13)7-3-2-6(10(17)11(18)19)4-8(7)20-12(14)15/h2-4,9-10,12,17H,1H3,(H,18,19). The molecule has 0 amide bonds. The number of aliphatic hydroxyl groups excluding tert-OH is 1. The van der Waals surface area contributed by atoms with Gasteiger partial charge >= 0.3 is 12.6 Å². The predicted octanol–water partition coefficient (Wildman–Crippen LogP) is 2.27. The van der Waals surface area contributed by atoms with E-state index in [1.807, 2.05) is 0 Å². The average molecular weight is 309 g/mol. The fraction of sp³-hybridized carbons (Fsp3) is 0.333. The SMILES string of the molecule is CC(=O)C(Cl)c1ccc(C(O)C(=O)O)cc1OC(F)F. The molecule has 2 atom stereocenters. The largest absolute Gasteiger partial charge is 0.479 e. The van der Waals surface area contributed by atoms with E-state index < -0.39 is 35.6 Å². The van der Waals surface area contributed by atoms with Crippen molar-refractivity contribution >= 4 is 23.4 Å². The maximum atomic E-state index is 12.3. The zero-order valence-corrected chi connectivity index (χ0v) is 11.0. The lowest BCUT2D eigenvalue weighted by molar-refractivity contribution is -0.147. The summed E-state index contributed by atoms with van der Waals surface area (Å²) in [4.78, 5) is 21.8. The van der Waals surface area contributed by atoms with Gasteiger partial charge in [-0.15, -0.1) is 11.6 Å². The normalized spacial score (nSPS) is 13.9. The molecule has 5 nitrogen and oxygen atoms in total. The summed E-state index contributed by atoms with van der Waals surface area (Å²) in [7, 11) is 0. The van der Waals surface area contributed by atoms with Gasteiger partial charge in [-0.25, -0.2) is 4.79 Å². The minimum absolute atomic E-state index is 0.0270. The summed E-state index contributed by atoms with van der Waals surface area (Å²) in [5, 5.41) is 16.8. The van der Waals surface area contributed by atoms with E-state index in [4.69, 9.17) is 16.7 Å². The van der Waals surface area contributed by atoms with Crippen LogP contribution < -0.4 is 4.74 Å². The van der Waals surface area contributed by atoms with Gasteiger partial charge in [0.15, 0.2) is 11.9 Å². The molecular formula is C12H11ClF2O5. The number of carboxylic acid groups (broad SMARTS) is 1. The van der Waals surface area contributed by atoms with E-state index in [9.17, 15) is 23.5 Å². The third-order valence-corrected chi connectivity index (χ3v) is 2.98. The van der Waals surface area contributed by atoms with Crippen molar-refractivity contribution in [3.63, 3.8) is 0 Å². The van der Waals surface area contributed by atoms with Crippen LogP contribution in [0.2, 0.25) is 0 Å². The fourth-order valence-electron chi connectivity index (χ4n) is 1.49. The van der Waals surface area contributed by atoms with Gasteiger partial charge < -0.3 is 14.9 Å². The van der Waals surface area contributed by atoms with Crippen molar-refractivity contribution in [3.05, 3.63) is 29.3 Å². The molecule has 2 N–H and O–H groups in total. The summed E-state index contributed by atoms with van der Waals surface area (Å²) >= 11 is 5.77. The number of benzene rings is 1. The summed E-state index contributed by atoms with van der Waals surface area (Å²) < 4.78 is 28.9. The molecule has 0 saturated carbocycles. The van der Waals surface area contributed by atoms with Gasteiger partial charge in [-0.2, -0.15) is 8.78 Å². The molecular weight excluding hydrogens is 298 g/mol. The van der Waals surface area contributed by atoms with E-state index in [2.05, 4.69) is 4.74 Å². The Labute approximate surface area is 117 Å². The highest BCUT2D eigenvalue weighted by Gasteiger charge is 2.23. The first kappa shape index (κ1) is 16.3. The van der Waals surface area contributed by atoms with E-state index >= 15 is 0 Å². The van der Waals surface area contributed by atoms with E-state index in [-0.39, 0.29) is 11.1 Å². The first-order valence-corrected chi connectivity index (χ1v) is 5.81. The van der Waals surface area contributed by atoms with Crippen LogP contribution in [0.25, 0.3) is 0 Å². The number of Topliss-reactive ketones (excluding diaryl/α,β-unsaturated/α-hetero) is 1. The summed E-state index contributed by atoms with van der Waals surface area (Å²) in [6.07, 6.45) is -1.89. The van der Waals surface area contributed by atoms with Gasteiger partial charge in [0.1, 0.15) is 11.1 Å². The second kappa shape index (κ2) is 6.62. The van der Waals surface area contributed by atoms with Crippen LogP contribution in [-0.2, 0) is 9.59 Å². The van der Waals surface area contributed by atoms with Crippen LogP contribution in [0.1, 0.15) is 29.5 Å². The van der Waals surface area contributed by atoms with Gasteiger partial charge in [-0.3, -0.25) is 4.79 Å². The molecule has 1 aromatic carbocycles. The molecule has 1 rings (SSSR count). The van der Waals surface area contributed by atoms with Crippen LogP contribution in [0.3, 0.4) is 0 Å². The summed E-state index contributed by atoms with van der Waals surface area (Å²) in [5.41, 5.74) is -0.190. The number of aliphatic carboxylic acids is 1. The Morgan fingerprint density at radius 2 is 1.95 bits per heavy atom. The van der Waals surface area contributed by atoms with Gasteiger partial charge in [0.2, 0.25) is 0 Å². The van der Waals surface area contributed by atoms with Crippen molar-refractivity contribution in [2.75, 3.05) is 0 Å². The van der Waals surface area contributed by atoms with Gasteiger partial charge in [0, 0.05) is 5.56 Å². The molecule has 0 aliphatic carbocycles. The number of hydrogen-bond donors (Lipinski definition) is 2. The van der Waals surface area contributed by atoms with Crippen LogP contribution in [0, 0.1) is 0 Å². The molecule has 0 spiro atoms. The fourth-order valence-corrected chi connectivity index (χ4v) is 1.67. The molecule has 1 aromatic rings. The van der Waals surface area contributed by atoms with Crippen molar-refractivity contribution < 1.29 is 33.3 Å². The van der Waals surface area contributed by atoms with Crippen molar-refractivity contribution in [3.8, 4) is 5.75 Å². The molecule has 8 heteroatoms. The smallest absolute Gasteiger partial charge is 0.387 e. The molecule has 20 heavy (non-hydrogen) atoms. The van der Waals surface area contributed by atoms with Crippen LogP contribution in [0.15, 0.2) is 18.2 Å². The Kier molecular flexibility index (Phi) is 5.41. The number of ether oxygens (including phenoxy) is 1. The average Bonchev–Trinajstić information content (AvgIpc) is 2.36. The van der Waals surface area contributed by atoms with E-state index in [0.29, 0.717) is 0 Å². The number of ketones is 1. The molecule has 0 heterocycles. The predicted molar refractivity (Wildman–Crippen MR) is 64.9 cm³/mol. The first-order valence-electron chi connectivity index (χ1n) is 5.38. The molecule has 0 bridgehead atoms. The number of carbonyl (C=O) groups is 2. The van der Waals surface area contributed by atoms with Gasteiger partial charge in [-0.1, -0.05) is 12.1 Å². The monoisotopic (exact) mass is 308 g/mol. The Balaban J connectivity index is 3.26. The van der Waals surface area contributed by atoms with Gasteiger partial charge in [0.25, 0.3) is 0 Å². The Hall–Kier alpha value is -1.73. The topological polar surface area (TPSA) is 83.8 Å². The number of halogens is 3. The zero-order chi connectivity index (χ0) is 15.4. The number of carbonyl (C=O) groups excluding carboxylic acids is 1. The number of carboxylic acids is 1. The van der Waals surface area contributed by atoms with Gasteiger partial charge in [0.05, 0.1) is 0 Å². The van der Waals surface area contributed by atoms with Crippen molar-refractivity contribution in [1.82, 2.24) is 0 Å². The van der Waals surface area contributed by atoms with E-state index in [0.717, 1.165) is 12.1 Å². The highest BCUT2D eigenvalue weighted by molar-refractivity contribution is 6.31. The van der Waals surface area contributed by atoms with E-state index in [1.165, 1.54) is 13.0 Å².